The molecule has 1 aliphatic rings. The molecule has 2 heterocycles. The Morgan fingerprint density at radius 1 is 1.68 bits per heavy atom. The van der Waals surface area contributed by atoms with Crippen LogP contribution < -0.4 is 11.2 Å². The average Bonchev–Trinajstić information content (AvgIpc) is 2.77. The lowest BCUT2D eigenvalue weighted by Crippen LogP contribution is -2.31. The van der Waals surface area contributed by atoms with Crippen LogP contribution in [0.3, 0.4) is 0 Å². The van der Waals surface area contributed by atoms with Gasteiger partial charge in [-0.05, 0) is 12.0 Å². The predicted octanol–water partition coefficient (Wildman–Crippen LogP) is -0.425. The number of ether oxygens (including phenoxy) is 1. The molecule has 3 atom stereocenters. The molecular formula is C10H13N5O4. The van der Waals surface area contributed by atoms with Gasteiger partial charge in [-0.1, -0.05) is 5.11 Å². The smallest absolute Gasteiger partial charge is 0.328 e. The Kier molecular flexibility index (Phi) is 3.70. The van der Waals surface area contributed by atoms with Crippen LogP contribution in [-0.4, -0.2) is 33.4 Å². The summed E-state index contributed by atoms with van der Waals surface area (Å²) in [5.74, 6) is 0. The molecular weight excluding hydrogens is 254 g/mol. The maximum atomic E-state index is 11.7. The zero-order valence-electron chi connectivity index (χ0n) is 10.2. The van der Waals surface area contributed by atoms with E-state index in [9.17, 15) is 9.59 Å². The van der Waals surface area contributed by atoms with Crippen LogP contribution >= 0.6 is 0 Å². The Bertz CT molecular complexity index is 630. The molecule has 1 saturated heterocycles. The lowest BCUT2D eigenvalue weighted by atomic mass is 10.1. The van der Waals surface area contributed by atoms with Gasteiger partial charge in [0.1, 0.15) is 0 Å². The van der Waals surface area contributed by atoms with Gasteiger partial charge < -0.3 is 14.4 Å². The summed E-state index contributed by atoms with van der Waals surface area (Å²) < 4.78 is 6.72. The Labute approximate surface area is 107 Å². The molecule has 0 amide bonds. The third kappa shape index (κ3) is 2.53. The van der Waals surface area contributed by atoms with Crippen molar-refractivity contribution in [2.45, 2.75) is 24.7 Å². The largest absolute Gasteiger partial charge is 0.394 e. The van der Waals surface area contributed by atoms with Crippen LogP contribution in [0.15, 0.2) is 20.9 Å². The quantitative estimate of drug-likeness (QED) is 0.436. The average molecular weight is 267 g/mol. The summed E-state index contributed by atoms with van der Waals surface area (Å²) in [6.07, 6.45) is 0.427. The van der Waals surface area contributed by atoms with Gasteiger partial charge in [-0.3, -0.25) is 9.78 Å². The molecule has 1 aliphatic heterocycles. The number of rotatable bonds is 3. The summed E-state index contributed by atoms with van der Waals surface area (Å²) in [4.78, 5) is 27.8. The fourth-order valence-corrected chi connectivity index (χ4v) is 2.09. The highest BCUT2D eigenvalue weighted by Crippen LogP contribution is 2.32. The number of hydrogen-bond acceptors (Lipinski definition) is 5. The van der Waals surface area contributed by atoms with E-state index < -0.39 is 29.5 Å². The van der Waals surface area contributed by atoms with E-state index in [2.05, 4.69) is 15.0 Å². The Morgan fingerprint density at radius 3 is 3.05 bits per heavy atom. The zero-order chi connectivity index (χ0) is 14.0. The van der Waals surface area contributed by atoms with Crippen molar-refractivity contribution in [2.24, 2.45) is 12.2 Å². The molecule has 1 fully saturated rings. The van der Waals surface area contributed by atoms with E-state index in [1.54, 1.807) is 0 Å². The highest BCUT2D eigenvalue weighted by atomic mass is 16.5. The van der Waals surface area contributed by atoms with Gasteiger partial charge in [0.2, 0.25) is 0 Å². The number of azide groups is 1. The third-order valence-electron chi connectivity index (χ3n) is 3.09. The molecule has 19 heavy (non-hydrogen) atoms. The Hall–Kier alpha value is -2.09. The number of aliphatic hydroxyl groups excluding tert-OH is 1. The van der Waals surface area contributed by atoms with Gasteiger partial charge in [0.05, 0.1) is 30.4 Å². The molecule has 0 bridgehead atoms. The standard InChI is InChI=1S/C10H13N5O4/c1-15-3-5(9(17)12-10(15)18)7-2-6(13-14-11)8(4-16)19-7/h3,6-8,16H,2,4H2,1H3,(H,12,17,18)/t6-,7+,8+/m0/s1. The zero-order valence-corrected chi connectivity index (χ0v) is 10.2. The van der Waals surface area contributed by atoms with Crippen molar-refractivity contribution < 1.29 is 9.84 Å². The van der Waals surface area contributed by atoms with Crippen LogP contribution in [0, 0.1) is 0 Å². The minimum atomic E-state index is -0.641. The SMILES string of the molecule is Cn1cc([C@H]2C[C@H](N=[N+]=[N-])[C@@H](CO)O2)c(=O)[nH]c1=O. The van der Waals surface area contributed by atoms with E-state index >= 15 is 0 Å². The first-order valence-corrected chi connectivity index (χ1v) is 5.67. The van der Waals surface area contributed by atoms with Crippen LogP contribution in [0.1, 0.15) is 18.1 Å². The summed E-state index contributed by atoms with van der Waals surface area (Å²) in [5.41, 5.74) is 7.66. The van der Waals surface area contributed by atoms with E-state index in [4.69, 9.17) is 15.4 Å². The van der Waals surface area contributed by atoms with Crippen LogP contribution in [0.4, 0.5) is 0 Å². The minimum absolute atomic E-state index is 0.274. The van der Waals surface area contributed by atoms with Gasteiger partial charge in [0.15, 0.2) is 0 Å². The second-order valence-electron chi connectivity index (χ2n) is 4.31. The van der Waals surface area contributed by atoms with Crippen molar-refractivity contribution >= 4 is 0 Å². The fraction of sp³-hybridized carbons (Fsp3) is 0.600. The third-order valence-corrected chi connectivity index (χ3v) is 3.09. The Balaban J connectivity index is 2.34. The second kappa shape index (κ2) is 5.27. The highest BCUT2D eigenvalue weighted by molar-refractivity contribution is 5.12. The summed E-state index contributed by atoms with van der Waals surface area (Å²) in [7, 11) is 1.51. The van der Waals surface area contributed by atoms with Crippen molar-refractivity contribution in [2.75, 3.05) is 6.61 Å². The highest BCUT2D eigenvalue weighted by Gasteiger charge is 2.36. The van der Waals surface area contributed by atoms with Gasteiger partial charge in [-0.15, -0.1) is 0 Å². The monoisotopic (exact) mass is 267 g/mol. The predicted molar refractivity (Wildman–Crippen MR) is 64.6 cm³/mol. The molecule has 0 aliphatic carbocycles. The molecule has 9 heteroatoms. The van der Waals surface area contributed by atoms with Crippen LogP contribution in [-0.2, 0) is 11.8 Å². The van der Waals surface area contributed by atoms with Gasteiger partial charge in [0.25, 0.3) is 5.56 Å². The molecule has 2 N–H and O–H groups in total. The maximum absolute atomic E-state index is 11.7. The minimum Gasteiger partial charge on any atom is -0.394 e. The molecule has 0 radical (unpaired) electrons. The number of nitrogens with one attached hydrogen (secondary N) is 1. The maximum Gasteiger partial charge on any atom is 0.328 e. The van der Waals surface area contributed by atoms with Crippen LogP contribution in [0.5, 0.6) is 0 Å². The molecule has 0 saturated carbocycles. The van der Waals surface area contributed by atoms with Crippen LogP contribution in [0.25, 0.3) is 10.4 Å². The van der Waals surface area contributed by atoms with Crippen LogP contribution in [0.2, 0.25) is 0 Å². The van der Waals surface area contributed by atoms with Crippen molar-refractivity contribution in [3.05, 3.63) is 43.0 Å². The topological polar surface area (TPSA) is 133 Å². The van der Waals surface area contributed by atoms with Gasteiger partial charge in [-0.2, -0.15) is 0 Å². The molecule has 0 unspecified atom stereocenters. The molecule has 9 nitrogen and oxygen atoms in total. The van der Waals surface area contributed by atoms with Gasteiger partial charge in [0, 0.05) is 18.2 Å². The number of nitrogens with zero attached hydrogens (tertiary/aromatic N) is 4. The number of aromatic nitrogens is 2. The molecule has 102 valence electrons. The number of H-pyrrole nitrogens is 1. The van der Waals surface area contributed by atoms with E-state index in [-0.39, 0.29) is 18.6 Å². The molecule has 0 aromatic carbocycles. The summed E-state index contributed by atoms with van der Waals surface area (Å²) >= 11 is 0. The van der Waals surface area contributed by atoms with Gasteiger partial charge in [-0.25, -0.2) is 4.79 Å². The molecule has 1 aromatic rings. The molecule has 2 rings (SSSR count). The fourth-order valence-electron chi connectivity index (χ4n) is 2.09. The summed E-state index contributed by atoms with van der Waals surface area (Å²) in [6, 6.07) is -0.531. The summed E-state index contributed by atoms with van der Waals surface area (Å²) in [5, 5.41) is 12.7. The van der Waals surface area contributed by atoms with E-state index in [1.165, 1.54) is 17.8 Å². The number of aliphatic hydroxyl groups is 1. The lowest BCUT2D eigenvalue weighted by molar-refractivity contribution is 0.00637. The van der Waals surface area contributed by atoms with E-state index in [0.717, 1.165) is 0 Å². The van der Waals surface area contributed by atoms with Gasteiger partial charge >= 0.3 is 5.69 Å². The van der Waals surface area contributed by atoms with Crippen molar-refractivity contribution in [1.82, 2.24) is 9.55 Å². The van der Waals surface area contributed by atoms with E-state index in [1.807, 2.05) is 0 Å². The molecule has 0 spiro atoms. The first kappa shape index (κ1) is 13.3. The Morgan fingerprint density at radius 2 is 2.42 bits per heavy atom. The second-order valence-corrected chi connectivity index (χ2v) is 4.31. The first-order valence-electron chi connectivity index (χ1n) is 5.67. The summed E-state index contributed by atoms with van der Waals surface area (Å²) in [6.45, 7) is -0.302. The first-order chi connectivity index (χ1) is 9.06. The number of aromatic amines is 1. The molecule has 1 aromatic heterocycles. The lowest BCUT2D eigenvalue weighted by Gasteiger charge is -2.12. The van der Waals surface area contributed by atoms with Crippen molar-refractivity contribution in [1.29, 1.82) is 0 Å². The normalized spacial score (nSPS) is 26.1. The van der Waals surface area contributed by atoms with Crippen molar-refractivity contribution in [3.63, 3.8) is 0 Å². The van der Waals surface area contributed by atoms with E-state index in [0.29, 0.717) is 0 Å². The number of hydrogen-bond donors (Lipinski definition) is 2. The van der Waals surface area contributed by atoms with Crippen molar-refractivity contribution in [3.8, 4) is 0 Å². The number of aryl methyl sites for hydroxylation is 1.